The van der Waals surface area contributed by atoms with E-state index in [9.17, 15) is 15.2 Å². The van der Waals surface area contributed by atoms with Crippen molar-refractivity contribution in [2.24, 2.45) is 5.73 Å². The first-order chi connectivity index (χ1) is 9.58. The molecule has 3 N–H and O–H groups in total. The Kier molecular flexibility index (Phi) is 4.45. The number of rotatable bonds is 5. The maximum atomic E-state index is 10.7. The van der Waals surface area contributed by atoms with Crippen molar-refractivity contribution in [3.05, 3.63) is 75.8 Å². The summed E-state index contributed by atoms with van der Waals surface area (Å²) in [5, 5.41) is 20.9. The lowest BCUT2D eigenvalue weighted by Crippen LogP contribution is -2.28. The molecule has 104 valence electrons. The molecule has 2 rings (SSSR count). The number of benzene rings is 2. The van der Waals surface area contributed by atoms with Gasteiger partial charge in [0, 0.05) is 18.6 Å². The van der Waals surface area contributed by atoms with Crippen molar-refractivity contribution in [1.82, 2.24) is 0 Å². The van der Waals surface area contributed by atoms with Crippen LogP contribution in [0.25, 0.3) is 0 Å². The molecule has 0 heterocycles. The second-order valence-corrected chi connectivity index (χ2v) is 4.63. The molecule has 0 spiro atoms. The van der Waals surface area contributed by atoms with Gasteiger partial charge in [-0.25, -0.2) is 0 Å². The van der Waals surface area contributed by atoms with Gasteiger partial charge in [0.15, 0.2) is 0 Å². The molecule has 0 unspecified atom stereocenters. The fraction of sp³-hybridized carbons (Fsp3) is 0.200. The van der Waals surface area contributed by atoms with Crippen LogP contribution in [0.15, 0.2) is 54.6 Å². The number of nitrogens with two attached hydrogens (primary N) is 1. The molecule has 2 aromatic carbocycles. The van der Waals surface area contributed by atoms with E-state index in [-0.39, 0.29) is 5.69 Å². The van der Waals surface area contributed by atoms with Gasteiger partial charge in [-0.1, -0.05) is 42.5 Å². The van der Waals surface area contributed by atoms with E-state index in [2.05, 4.69) is 0 Å². The molecule has 0 radical (unpaired) electrons. The minimum Gasteiger partial charge on any atom is -0.391 e. The maximum Gasteiger partial charge on any atom is 0.269 e. The Bertz CT molecular complexity index is 587. The zero-order chi connectivity index (χ0) is 14.5. The second kappa shape index (κ2) is 6.27. The van der Waals surface area contributed by atoms with E-state index in [1.54, 1.807) is 12.1 Å². The Morgan fingerprint density at radius 3 is 2.50 bits per heavy atom. The molecule has 0 saturated carbocycles. The summed E-state index contributed by atoms with van der Waals surface area (Å²) in [7, 11) is 0. The van der Waals surface area contributed by atoms with Gasteiger partial charge >= 0.3 is 0 Å². The molecule has 0 aliphatic carbocycles. The van der Waals surface area contributed by atoms with Crippen LogP contribution < -0.4 is 5.73 Å². The highest BCUT2D eigenvalue weighted by atomic mass is 16.6. The molecule has 2 atom stereocenters. The summed E-state index contributed by atoms with van der Waals surface area (Å²) >= 11 is 0. The zero-order valence-electron chi connectivity index (χ0n) is 10.8. The van der Waals surface area contributed by atoms with Crippen LogP contribution in [0.1, 0.15) is 17.2 Å². The summed E-state index contributed by atoms with van der Waals surface area (Å²) in [6.07, 6.45) is -0.385. The Labute approximate surface area is 116 Å². The molecule has 2 aromatic rings. The summed E-state index contributed by atoms with van der Waals surface area (Å²) < 4.78 is 0. The molecule has 0 aromatic heterocycles. The number of nitro benzene ring substituents is 1. The van der Waals surface area contributed by atoms with Crippen molar-refractivity contribution in [2.45, 2.75) is 18.6 Å². The summed E-state index contributed by atoms with van der Waals surface area (Å²) in [6, 6.07) is 14.9. The first kappa shape index (κ1) is 14.2. The van der Waals surface area contributed by atoms with Crippen LogP contribution in [0.4, 0.5) is 5.69 Å². The summed E-state index contributed by atoms with van der Waals surface area (Å²) in [5.41, 5.74) is 7.49. The zero-order valence-corrected chi connectivity index (χ0v) is 10.8. The topological polar surface area (TPSA) is 89.4 Å². The van der Waals surface area contributed by atoms with E-state index in [1.807, 2.05) is 30.3 Å². The van der Waals surface area contributed by atoms with E-state index >= 15 is 0 Å². The molecule has 0 bridgehead atoms. The highest BCUT2D eigenvalue weighted by Crippen LogP contribution is 2.21. The number of hydrogen-bond donors (Lipinski definition) is 2. The van der Waals surface area contributed by atoms with Crippen molar-refractivity contribution in [2.75, 3.05) is 0 Å². The number of nitro groups is 1. The Hall–Kier alpha value is -2.24. The number of non-ortho nitro benzene ring substituents is 1. The summed E-state index contributed by atoms with van der Waals surface area (Å²) in [4.78, 5) is 10.3. The van der Waals surface area contributed by atoms with Crippen LogP contribution in [0, 0.1) is 10.1 Å². The van der Waals surface area contributed by atoms with Crippen LogP contribution in [-0.2, 0) is 6.42 Å². The fourth-order valence-corrected chi connectivity index (χ4v) is 2.05. The molecule has 0 amide bonds. The highest BCUT2D eigenvalue weighted by molar-refractivity contribution is 5.36. The van der Waals surface area contributed by atoms with Crippen LogP contribution in [0.3, 0.4) is 0 Å². The molecule has 0 fully saturated rings. The molecular formula is C15H16N2O3. The standard InChI is InChI=1S/C15H16N2O3/c16-15(12-7-4-8-13(10-12)17(19)20)14(18)9-11-5-2-1-3-6-11/h1-8,10,14-15,18H,9,16H2/t14-,15+/m1/s1. The van der Waals surface area contributed by atoms with Gasteiger partial charge < -0.3 is 10.8 Å². The molecule has 0 saturated heterocycles. The van der Waals surface area contributed by atoms with Crippen molar-refractivity contribution in [3.63, 3.8) is 0 Å². The summed E-state index contributed by atoms with van der Waals surface area (Å²) in [6.45, 7) is 0. The van der Waals surface area contributed by atoms with E-state index in [0.717, 1.165) is 5.56 Å². The number of hydrogen-bond acceptors (Lipinski definition) is 4. The van der Waals surface area contributed by atoms with E-state index in [0.29, 0.717) is 12.0 Å². The van der Waals surface area contributed by atoms with Crippen molar-refractivity contribution in [1.29, 1.82) is 0 Å². The smallest absolute Gasteiger partial charge is 0.269 e. The minimum atomic E-state index is -0.792. The third-order valence-electron chi connectivity index (χ3n) is 3.17. The van der Waals surface area contributed by atoms with E-state index < -0.39 is 17.1 Å². The first-order valence-electron chi connectivity index (χ1n) is 6.30. The normalized spacial score (nSPS) is 13.7. The van der Waals surface area contributed by atoms with Crippen molar-refractivity contribution < 1.29 is 10.0 Å². The highest BCUT2D eigenvalue weighted by Gasteiger charge is 2.19. The van der Waals surface area contributed by atoms with Gasteiger partial charge in [0.05, 0.1) is 17.1 Å². The van der Waals surface area contributed by atoms with E-state index in [1.165, 1.54) is 12.1 Å². The molecule has 0 aliphatic heterocycles. The second-order valence-electron chi connectivity index (χ2n) is 4.63. The number of aliphatic hydroxyl groups is 1. The van der Waals surface area contributed by atoms with Crippen LogP contribution >= 0.6 is 0 Å². The Morgan fingerprint density at radius 1 is 1.15 bits per heavy atom. The third-order valence-corrected chi connectivity index (χ3v) is 3.17. The van der Waals surface area contributed by atoms with Gasteiger partial charge in [0.1, 0.15) is 0 Å². The third kappa shape index (κ3) is 3.40. The molecular weight excluding hydrogens is 256 g/mol. The monoisotopic (exact) mass is 272 g/mol. The SMILES string of the molecule is N[C@@H](c1cccc([N+](=O)[O-])c1)[C@H](O)Cc1ccccc1. The average Bonchev–Trinajstić information content (AvgIpc) is 2.47. The quantitative estimate of drug-likeness (QED) is 0.645. The lowest BCUT2D eigenvalue weighted by Gasteiger charge is -2.19. The van der Waals surface area contributed by atoms with Gasteiger partial charge in [0.2, 0.25) is 0 Å². The van der Waals surface area contributed by atoms with Gasteiger partial charge in [-0.05, 0) is 11.1 Å². The predicted molar refractivity (Wildman–Crippen MR) is 76.2 cm³/mol. The average molecular weight is 272 g/mol. The number of aliphatic hydroxyl groups excluding tert-OH is 1. The Morgan fingerprint density at radius 2 is 1.85 bits per heavy atom. The lowest BCUT2D eigenvalue weighted by atomic mass is 9.96. The number of nitrogens with zero attached hydrogens (tertiary/aromatic N) is 1. The molecule has 5 nitrogen and oxygen atoms in total. The molecule has 20 heavy (non-hydrogen) atoms. The minimum absolute atomic E-state index is 0.0233. The molecule has 0 aliphatic rings. The van der Waals surface area contributed by atoms with Gasteiger partial charge in [-0.15, -0.1) is 0 Å². The largest absolute Gasteiger partial charge is 0.391 e. The van der Waals surface area contributed by atoms with Crippen LogP contribution in [0.2, 0.25) is 0 Å². The van der Waals surface area contributed by atoms with E-state index in [4.69, 9.17) is 5.73 Å². The van der Waals surface area contributed by atoms with Crippen LogP contribution in [0.5, 0.6) is 0 Å². The van der Waals surface area contributed by atoms with Gasteiger partial charge in [-0.2, -0.15) is 0 Å². The Balaban J connectivity index is 2.12. The fourth-order valence-electron chi connectivity index (χ4n) is 2.05. The summed E-state index contributed by atoms with van der Waals surface area (Å²) in [5.74, 6) is 0. The lowest BCUT2D eigenvalue weighted by molar-refractivity contribution is -0.384. The van der Waals surface area contributed by atoms with Crippen molar-refractivity contribution in [3.8, 4) is 0 Å². The van der Waals surface area contributed by atoms with Crippen molar-refractivity contribution >= 4 is 5.69 Å². The first-order valence-corrected chi connectivity index (χ1v) is 6.30. The van der Waals surface area contributed by atoms with Gasteiger partial charge in [-0.3, -0.25) is 10.1 Å². The van der Waals surface area contributed by atoms with Gasteiger partial charge in [0.25, 0.3) is 5.69 Å². The maximum absolute atomic E-state index is 10.7. The molecule has 5 heteroatoms. The van der Waals surface area contributed by atoms with Crippen LogP contribution in [-0.4, -0.2) is 16.1 Å². The predicted octanol–water partition coefficient (Wildman–Crippen LogP) is 2.20.